The summed E-state index contributed by atoms with van der Waals surface area (Å²) in [6, 6.07) is 0. The first kappa shape index (κ1) is 12.3. The molecule has 0 heterocycles. The molecule has 0 rings (SSSR count). The van der Waals surface area contributed by atoms with Gasteiger partial charge in [0.15, 0.2) is 6.10 Å². The van der Waals surface area contributed by atoms with E-state index >= 15 is 0 Å². The molecule has 3 unspecified atom stereocenters. The maximum Gasteiger partial charge on any atom is 0.335 e. The second kappa shape index (κ2) is 5.87. The van der Waals surface area contributed by atoms with Crippen LogP contribution in [0.15, 0.2) is 0 Å². The summed E-state index contributed by atoms with van der Waals surface area (Å²) in [5, 5.41) is 26.5. The van der Waals surface area contributed by atoms with Crippen molar-refractivity contribution in [3.63, 3.8) is 0 Å². The fraction of sp³-hybridized carbons (Fsp3) is 0.857. The highest BCUT2D eigenvalue weighted by molar-refractivity contribution is 5.72. The molecule has 6 nitrogen and oxygen atoms in total. The number of carbonyl (C=O) groups is 1. The molecule has 0 aromatic rings. The van der Waals surface area contributed by atoms with E-state index in [0.717, 1.165) is 0 Å². The summed E-state index contributed by atoms with van der Waals surface area (Å²) in [4.78, 5) is 10.3. The first-order chi connectivity index (χ1) is 6.04. The number of aliphatic hydroxyl groups excluding tert-OH is 2. The Kier molecular flexibility index (Phi) is 5.56. The van der Waals surface area contributed by atoms with Crippen molar-refractivity contribution in [2.45, 2.75) is 18.3 Å². The predicted molar refractivity (Wildman–Crippen MR) is 42.3 cm³/mol. The first-order valence-corrected chi connectivity index (χ1v) is 3.65. The fourth-order valence-corrected chi connectivity index (χ4v) is 0.820. The molecule has 78 valence electrons. The molecule has 0 aliphatic carbocycles. The van der Waals surface area contributed by atoms with E-state index in [0.29, 0.717) is 0 Å². The molecule has 0 spiro atoms. The highest BCUT2D eigenvalue weighted by atomic mass is 16.5. The minimum Gasteiger partial charge on any atom is -0.479 e. The van der Waals surface area contributed by atoms with E-state index in [1.807, 2.05) is 0 Å². The summed E-state index contributed by atoms with van der Waals surface area (Å²) in [6.45, 7) is 0.0159. The summed E-state index contributed by atoms with van der Waals surface area (Å²) < 4.78 is 9.38. The molecule has 3 N–H and O–H groups in total. The van der Waals surface area contributed by atoms with Crippen LogP contribution in [-0.2, 0) is 14.3 Å². The second-order valence-electron chi connectivity index (χ2n) is 2.50. The van der Waals surface area contributed by atoms with E-state index in [9.17, 15) is 9.90 Å². The van der Waals surface area contributed by atoms with Crippen molar-refractivity contribution in [1.82, 2.24) is 0 Å². The van der Waals surface area contributed by atoms with Gasteiger partial charge in [-0.2, -0.15) is 0 Å². The van der Waals surface area contributed by atoms with Gasteiger partial charge >= 0.3 is 5.97 Å². The van der Waals surface area contributed by atoms with Crippen LogP contribution in [-0.4, -0.2) is 60.4 Å². The number of aliphatic carboxylic acids is 1. The van der Waals surface area contributed by atoms with Gasteiger partial charge in [0.2, 0.25) is 0 Å². The molecule has 0 aliphatic heterocycles. The molecule has 6 heteroatoms. The maximum atomic E-state index is 10.3. The topological polar surface area (TPSA) is 96.2 Å². The quantitative estimate of drug-likeness (QED) is 0.474. The van der Waals surface area contributed by atoms with Crippen LogP contribution >= 0.6 is 0 Å². The third-order valence-corrected chi connectivity index (χ3v) is 1.59. The highest BCUT2D eigenvalue weighted by Crippen LogP contribution is 2.04. The monoisotopic (exact) mass is 194 g/mol. The van der Waals surface area contributed by atoms with Crippen molar-refractivity contribution in [2.24, 2.45) is 0 Å². The number of carboxylic acid groups (broad SMARTS) is 1. The smallest absolute Gasteiger partial charge is 0.335 e. The molecule has 3 atom stereocenters. The Hall–Kier alpha value is -0.690. The summed E-state index contributed by atoms with van der Waals surface area (Å²) in [6.07, 6.45) is -4.21. The molecule has 0 aliphatic rings. The van der Waals surface area contributed by atoms with E-state index in [-0.39, 0.29) is 6.61 Å². The molecule has 0 aromatic heterocycles. The SMILES string of the molecule is COCC(OC)C(O)C(O)C(=O)O. The number of aliphatic hydroxyl groups is 2. The standard InChI is InChI=1S/C7H14O6/c1-12-3-4(13-2)5(8)6(9)7(10)11/h4-6,8-9H,3H2,1-2H3,(H,10,11). The predicted octanol–water partition coefficient (Wildman–Crippen LogP) is -1.55. The Morgan fingerprint density at radius 3 is 2.23 bits per heavy atom. The lowest BCUT2D eigenvalue weighted by Gasteiger charge is -2.22. The summed E-state index contributed by atoms with van der Waals surface area (Å²) in [7, 11) is 2.67. The Morgan fingerprint density at radius 2 is 1.92 bits per heavy atom. The molecular weight excluding hydrogens is 180 g/mol. The number of rotatable bonds is 6. The largest absolute Gasteiger partial charge is 0.479 e. The van der Waals surface area contributed by atoms with Crippen LogP contribution in [0.4, 0.5) is 0 Å². The number of hydrogen-bond acceptors (Lipinski definition) is 5. The minimum atomic E-state index is -1.86. The summed E-state index contributed by atoms with van der Waals surface area (Å²) in [5.41, 5.74) is 0. The number of ether oxygens (including phenoxy) is 2. The van der Waals surface area contributed by atoms with Crippen LogP contribution in [0.5, 0.6) is 0 Å². The highest BCUT2D eigenvalue weighted by Gasteiger charge is 2.31. The zero-order chi connectivity index (χ0) is 10.4. The molecule has 0 saturated heterocycles. The van der Waals surface area contributed by atoms with Gasteiger partial charge in [-0.3, -0.25) is 0 Å². The Bertz CT molecular complexity index is 159. The molecule has 0 fully saturated rings. The van der Waals surface area contributed by atoms with Crippen molar-refractivity contribution in [1.29, 1.82) is 0 Å². The van der Waals surface area contributed by atoms with E-state index in [1.54, 1.807) is 0 Å². The van der Waals surface area contributed by atoms with Crippen LogP contribution in [0.25, 0.3) is 0 Å². The second-order valence-corrected chi connectivity index (χ2v) is 2.50. The zero-order valence-electron chi connectivity index (χ0n) is 7.51. The first-order valence-electron chi connectivity index (χ1n) is 3.65. The average molecular weight is 194 g/mol. The minimum absolute atomic E-state index is 0.0159. The Balaban J connectivity index is 4.17. The van der Waals surface area contributed by atoms with E-state index < -0.39 is 24.3 Å². The molecule has 0 bridgehead atoms. The Morgan fingerprint density at radius 1 is 1.38 bits per heavy atom. The molecule has 0 aromatic carbocycles. The third-order valence-electron chi connectivity index (χ3n) is 1.59. The van der Waals surface area contributed by atoms with Gasteiger partial charge in [0.05, 0.1) is 6.61 Å². The van der Waals surface area contributed by atoms with Crippen molar-refractivity contribution in [3.8, 4) is 0 Å². The van der Waals surface area contributed by atoms with Crippen molar-refractivity contribution in [2.75, 3.05) is 20.8 Å². The molecule has 0 radical (unpaired) electrons. The van der Waals surface area contributed by atoms with Crippen molar-refractivity contribution in [3.05, 3.63) is 0 Å². The van der Waals surface area contributed by atoms with E-state index in [1.165, 1.54) is 14.2 Å². The van der Waals surface area contributed by atoms with Gasteiger partial charge in [0, 0.05) is 14.2 Å². The van der Waals surface area contributed by atoms with Crippen molar-refractivity contribution < 1.29 is 29.6 Å². The van der Waals surface area contributed by atoms with Crippen LogP contribution in [0.3, 0.4) is 0 Å². The summed E-state index contributed by atoms with van der Waals surface area (Å²) >= 11 is 0. The lowest BCUT2D eigenvalue weighted by molar-refractivity contribution is -0.161. The van der Waals surface area contributed by atoms with Gasteiger partial charge < -0.3 is 24.8 Å². The number of hydrogen-bond donors (Lipinski definition) is 3. The summed E-state index contributed by atoms with van der Waals surface area (Å²) in [5.74, 6) is -1.49. The number of carboxylic acids is 1. The van der Waals surface area contributed by atoms with Gasteiger partial charge in [-0.25, -0.2) is 4.79 Å². The van der Waals surface area contributed by atoms with Crippen LogP contribution in [0.2, 0.25) is 0 Å². The third kappa shape index (κ3) is 3.69. The average Bonchev–Trinajstić information content (AvgIpc) is 2.11. The number of methoxy groups -OCH3 is 2. The molecule has 0 saturated carbocycles. The fourth-order valence-electron chi connectivity index (χ4n) is 0.820. The van der Waals surface area contributed by atoms with Gasteiger partial charge in [-0.05, 0) is 0 Å². The maximum absolute atomic E-state index is 10.3. The van der Waals surface area contributed by atoms with E-state index in [2.05, 4.69) is 4.74 Å². The lowest BCUT2D eigenvalue weighted by atomic mass is 10.1. The molecule has 0 amide bonds. The molecule has 13 heavy (non-hydrogen) atoms. The Labute approximate surface area is 75.7 Å². The normalized spacial score (nSPS) is 17.8. The van der Waals surface area contributed by atoms with Crippen molar-refractivity contribution >= 4 is 5.97 Å². The van der Waals surface area contributed by atoms with Crippen LogP contribution in [0.1, 0.15) is 0 Å². The lowest BCUT2D eigenvalue weighted by Crippen LogP contribution is -2.45. The van der Waals surface area contributed by atoms with Gasteiger partial charge in [-0.1, -0.05) is 0 Å². The zero-order valence-corrected chi connectivity index (χ0v) is 7.51. The van der Waals surface area contributed by atoms with Crippen LogP contribution in [0, 0.1) is 0 Å². The molecular formula is C7H14O6. The van der Waals surface area contributed by atoms with Crippen LogP contribution < -0.4 is 0 Å². The van der Waals surface area contributed by atoms with Gasteiger partial charge in [0.25, 0.3) is 0 Å². The van der Waals surface area contributed by atoms with Gasteiger partial charge in [0.1, 0.15) is 12.2 Å². The van der Waals surface area contributed by atoms with Gasteiger partial charge in [-0.15, -0.1) is 0 Å². The van der Waals surface area contributed by atoms with E-state index in [4.69, 9.17) is 14.9 Å².